The topological polar surface area (TPSA) is 66.8 Å². The summed E-state index contributed by atoms with van der Waals surface area (Å²) in [7, 11) is 0. The number of carboxylic acid groups (broad SMARTS) is 1. The molecule has 1 N–H and O–H groups in total. The number of benzene rings is 2. The molecule has 30 heavy (non-hydrogen) atoms. The number of hydrogen-bond acceptors (Lipinski definition) is 4. The van der Waals surface area contributed by atoms with E-state index in [0.29, 0.717) is 10.7 Å². The van der Waals surface area contributed by atoms with Crippen molar-refractivity contribution in [2.75, 3.05) is 4.90 Å². The second kappa shape index (κ2) is 8.90. The Kier molecular flexibility index (Phi) is 6.06. The molecule has 0 atom stereocenters. The summed E-state index contributed by atoms with van der Waals surface area (Å²) in [5.74, 6) is -0.0733. The van der Waals surface area contributed by atoms with Gasteiger partial charge in [0.2, 0.25) is 11.0 Å². The van der Waals surface area contributed by atoms with E-state index in [9.17, 15) is 14.7 Å². The van der Waals surface area contributed by atoms with Gasteiger partial charge in [-0.2, -0.15) is 0 Å². The van der Waals surface area contributed by atoms with Crippen LogP contribution < -0.4 is 9.64 Å². The molecular weight excluding hydrogens is 422 g/mol. The van der Waals surface area contributed by atoms with Gasteiger partial charge in [-0.3, -0.25) is 4.79 Å². The van der Waals surface area contributed by atoms with Gasteiger partial charge in [-0.05, 0) is 42.2 Å². The van der Waals surface area contributed by atoms with Crippen LogP contribution in [0.2, 0.25) is 5.02 Å². The number of nitrogens with zero attached hydrogens (tertiary/aromatic N) is 1. The highest BCUT2D eigenvalue weighted by molar-refractivity contribution is 7.18. The van der Waals surface area contributed by atoms with Gasteiger partial charge < -0.3 is 14.7 Å². The summed E-state index contributed by atoms with van der Waals surface area (Å²) in [6, 6.07) is 18.8. The van der Waals surface area contributed by atoms with E-state index in [1.165, 1.54) is 11.3 Å². The van der Waals surface area contributed by atoms with Crippen molar-refractivity contribution in [1.82, 2.24) is 0 Å². The number of carbonyl (C=O) groups excluding carboxylic acids is 1. The Bertz CT molecular complexity index is 1060. The van der Waals surface area contributed by atoms with Crippen LogP contribution in [-0.4, -0.2) is 17.2 Å². The van der Waals surface area contributed by atoms with Gasteiger partial charge in [-0.25, -0.2) is 4.79 Å². The molecule has 0 radical (unpaired) electrons. The minimum absolute atomic E-state index is 0.0196. The maximum atomic E-state index is 13.3. The molecule has 7 heteroatoms. The Hall–Kier alpha value is -2.83. The summed E-state index contributed by atoms with van der Waals surface area (Å²) in [6.45, 7) is 0.289. The zero-order chi connectivity index (χ0) is 21.1. The van der Waals surface area contributed by atoms with E-state index in [4.69, 9.17) is 16.3 Å². The summed E-state index contributed by atoms with van der Waals surface area (Å²) >= 11 is 7.35. The first-order valence-electron chi connectivity index (χ1n) is 9.67. The average molecular weight is 442 g/mol. The van der Waals surface area contributed by atoms with Crippen LogP contribution >= 0.6 is 22.9 Å². The Balaban J connectivity index is 1.76. The van der Waals surface area contributed by atoms with E-state index in [1.54, 1.807) is 11.0 Å². The van der Waals surface area contributed by atoms with Crippen molar-refractivity contribution >= 4 is 40.7 Å². The normalized spacial score (nSPS) is 13.5. The zero-order valence-electron chi connectivity index (χ0n) is 16.1. The van der Waals surface area contributed by atoms with Crippen molar-refractivity contribution in [3.63, 3.8) is 0 Å². The van der Waals surface area contributed by atoms with Crippen LogP contribution in [0.4, 0.5) is 10.5 Å². The predicted molar refractivity (Wildman–Crippen MR) is 118 cm³/mol. The molecule has 0 aliphatic heterocycles. The Morgan fingerprint density at radius 3 is 2.50 bits per heavy atom. The molecular formula is C23H20ClNO4S. The maximum absolute atomic E-state index is 13.3. The number of rotatable bonds is 6. The van der Waals surface area contributed by atoms with Crippen LogP contribution in [0.15, 0.2) is 60.7 Å². The fourth-order valence-corrected chi connectivity index (χ4v) is 4.65. The summed E-state index contributed by atoms with van der Waals surface area (Å²) in [5.41, 5.74) is 2.27. The first-order chi connectivity index (χ1) is 14.5. The van der Waals surface area contributed by atoms with Crippen molar-refractivity contribution in [3.05, 3.63) is 71.2 Å². The highest BCUT2D eigenvalue weighted by atomic mass is 35.5. The molecule has 1 aliphatic rings. The van der Waals surface area contributed by atoms with E-state index < -0.39 is 6.16 Å². The van der Waals surface area contributed by atoms with Gasteiger partial charge in [0.15, 0.2) is 0 Å². The summed E-state index contributed by atoms with van der Waals surface area (Å²) < 4.78 is 5.09. The number of carbonyl (C=O) groups is 2. The summed E-state index contributed by atoms with van der Waals surface area (Å²) in [4.78, 5) is 27.1. The second-order valence-electron chi connectivity index (χ2n) is 7.20. The molecule has 154 valence electrons. The molecule has 2 aromatic carbocycles. The lowest BCUT2D eigenvalue weighted by Crippen LogP contribution is -2.38. The first kappa shape index (κ1) is 20.4. The highest BCUT2D eigenvalue weighted by Crippen LogP contribution is 2.44. The van der Waals surface area contributed by atoms with E-state index in [-0.39, 0.29) is 23.4 Å². The number of hydrogen-bond donors (Lipinski definition) is 1. The molecule has 1 amide bonds. The maximum Gasteiger partial charge on any atom is 0.512 e. The smallest absolute Gasteiger partial charge is 0.449 e. The molecule has 0 bridgehead atoms. The number of thiophene rings is 1. The lowest BCUT2D eigenvalue weighted by atomic mass is 9.84. The third-order valence-corrected chi connectivity index (χ3v) is 6.45. The molecule has 1 saturated carbocycles. The van der Waals surface area contributed by atoms with Gasteiger partial charge in [0.05, 0.1) is 12.2 Å². The molecule has 5 nitrogen and oxygen atoms in total. The molecule has 3 aromatic rings. The van der Waals surface area contributed by atoms with Crippen molar-refractivity contribution < 1.29 is 19.4 Å². The van der Waals surface area contributed by atoms with Gasteiger partial charge in [0.25, 0.3) is 0 Å². The molecule has 4 rings (SSSR count). The fourth-order valence-electron chi connectivity index (χ4n) is 3.43. The lowest BCUT2D eigenvalue weighted by Gasteiger charge is -2.31. The van der Waals surface area contributed by atoms with E-state index in [1.807, 2.05) is 54.6 Å². The third-order valence-electron chi connectivity index (χ3n) is 5.16. The molecule has 0 spiro atoms. The van der Waals surface area contributed by atoms with Crippen LogP contribution in [0.3, 0.4) is 0 Å². The highest BCUT2D eigenvalue weighted by Gasteiger charge is 2.33. The van der Waals surface area contributed by atoms with Crippen molar-refractivity contribution in [2.24, 2.45) is 5.92 Å². The predicted octanol–water partition coefficient (Wildman–Crippen LogP) is 6.46. The third kappa shape index (κ3) is 4.50. The first-order valence-corrected chi connectivity index (χ1v) is 10.9. The van der Waals surface area contributed by atoms with Crippen molar-refractivity contribution in [3.8, 4) is 15.5 Å². The number of halogens is 1. The van der Waals surface area contributed by atoms with Crippen LogP contribution in [0, 0.1) is 5.92 Å². The fraction of sp³-hybridized carbons (Fsp3) is 0.217. The van der Waals surface area contributed by atoms with Crippen LogP contribution in [-0.2, 0) is 11.3 Å². The van der Waals surface area contributed by atoms with Gasteiger partial charge in [-0.1, -0.05) is 71.8 Å². The lowest BCUT2D eigenvalue weighted by molar-refractivity contribution is -0.124. The zero-order valence-corrected chi connectivity index (χ0v) is 17.7. The van der Waals surface area contributed by atoms with Crippen LogP contribution in [0.25, 0.3) is 10.4 Å². The number of anilines is 1. The van der Waals surface area contributed by atoms with Gasteiger partial charge in [0.1, 0.15) is 0 Å². The number of amides is 1. The van der Waals surface area contributed by atoms with E-state index >= 15 is 0 Å². The summed E-state index contributed by atoms with van der Waals surface area (Å²) in [5, 5.41) is 10.0. The standard InChI is InChI=1S/C23H20ClNO4S/c24-18-11-4-6-15(12-18)14-25(21(26)17-9-5-10-17)19-13-20(16-7-2-1-3-8-16)30-22(19)29-23(27)28/h1-4,6-8,11-13,17H,5,9-10,14H2,(H,27,28). The quantitative estimate of drug-likeness (QED) is 0.446. The molecule has 1 heterocycles. The minimum Gasteiger partial charge on any atom is -0.449 e. The number of ether oxygens (including phenoxy) is 1. The van der Waals surface area contributed by atoms with Crippen molar-refractivity contribution in [1.29, 1.82) is 0 Å². The average Bonchev–Trinajstić information content (AvgIpc) is 3.08. The molecule has 1 aromatic heterocycles. The minimum atomic E-state index is -1.41. The Morgan fingerprint density at radius 1 is 1.10 bits per heavy atom. The van der Waals surface area contributed by atoms with Crippen LogP contribution in [0.5, 0.6) is 5.06 Å². The van der Waals surface area contributed by atoms with Crippen molar-refractivity contribution in [2.45, 2.75) is 25.8 Å². The monoisotopic (exact) mass is 441 g/mol. The molecule has 0 unspecified atom stereocenters. The molecule has 1 aliphatic carbocycles. The van der Waals surface area contributed by atoms with Gasteiger partial charge in [0, 0.05) is 15.8 Å². The SMILES string of the molecule is O=C(O)Oc1sc(-c2ccccc2)cc1N(Cc1cccc(Cl)c1)C(=O)C1CCC1. The largest absolute Gasteiger partial charge is 0.512 e. The van der Waals surface area contributed by atoms with Gasteiger partial charge in [-0.15, -0.1) is 0 Å². The Morgan fingerprint density at radius 2 is 1.87 bits per heavy atom. The molecule has 1 fully saturated rings. The van der Waals surface area contributed by atoms with E-state index in [2.05, 4.69) is 0 Å². The summed E-state index contributed by atoms with van der Waals surface area (Å²) in [6.07, 6.45) is 1.31. The second-order valence-corrected chi connectivity index (χ2v) is 8.65. The van der Waals surface area contributed by atoms with Crippen LogP contribution in [0.1, 0.15) is 24.8 Å². The Labute approximate surface area is 183 Å². The molecule has 0 saturated heterocycles. The van der Waals surface area contributed by atoms with Gasteiger partial charge >= 0.3 is 6.16 Å². The van der Waals surface area contributed by atoms with E-state index in [0.717, 1.165) is 35.3 Å².